The minimum atomic E-state index is -4.52. The highest BCUT2D eigenvalue weighted by Gasteiger charge is 2.38. The van der Waals surface area contributed by atoms with Crippen LogP contribution in [0, 0.1) is 0 Å². The highest BCUT2D eigenvalue weighted by Crippen LogP contribution is 2.29. The predicted octanol–water partition coefficient (Wildman–Crippen LogP) is 2.56. The number of thioether (sulfide) groups is 1. The lowest BCUT2D eigenvalue weighted by molar-refractivity contribution is -0.202. The van der Waals surface area contributed by atoms with Crippen LogP contribution in [0.25, 0.3) is 0 Å². The molecule has 1 saturated carbocycles. The van der Waals surface area contributed by atoms with Crippen molar-refractivity contribution >= 4 is 11.8 Å². The normalized spacial score (nSPS) is 28.1. The second-order valence-corrected chi connectivity index (χ2v) is 5.87. The van der Waals surface area contributed by atoms with Gasteiger partial charge in [0.2, 0.25) is 0 Å². The zero-order valence-corrected chi connectivity index (χ0v) is 10.8. The van der Waals surface area contributed by atoms with E-state index in [1.165, 1.54) is 0 Å². The van der Waals surface area contributed by atoms with Crippen molar-refractivity contribution in [2.45, 2.75) is 56.2 Å². The Morgan fingerprint density at radius 1 is 1.35 bits per heavy atom. The first-order valence-electron chi connectivity index (χ1n) is 6.05. The molecule has 0 aromatic carbocycles. The van der Waals surface area contributed by atoms with Gasteiger partial charge in [-0.05, 0) is 18.6 Å². The summed E-state index contributed by atoms with van der Waals surface area (Å²) in [7, 11) is 0. The third kappa shape index (κ3) is 5.06. The van der Waals surface area contributed by atoms with E-state index in [1.807, 2.05) is 0 Å². The van der Waals surface area contributed by atoms with Crippen molar-refractivity contribution in [3.8, 4) is 0 Å². The van der Waals surface area contributed by atoms with Gasteiger partial charge in [-0.25, -0.2) is 0 Å². The van der Waals surface area contributed by atoms with E-state index in [9.17, 15) is 13.2 Å². The lowest BCUT2D eigenvalue weighted by atomic mass is 9.95. The van der Waals surface area contributed by atoms with E-state index in [4.69, 9.17) is 5.11 Å². The highest BCUT2D eigenvalue weighted by molar-refractivity contribution is 7.99. The summed E-state index contributed by atoms with van der Waals surface area (Å²) in [6, 6.07) is 0.102. The highest BCUT2D eigenvalue weighted by atomic mass is 32.2. The van der Waals surface area contributed by atoms with Crippen molar-refractivity contribution in [3.05, 3.63) is 0 Å². The fraction of sp³-hybridized carbons (Fsp3) is 1.00. The number of alkyl halides is 3. The largest absolute Gasteiger partial charge is 0.415 e. The Bertz CT molecular complexity index is 223. The molecule has 0 bridgehead atoms. The van der Waals surface area contributed by atoms with Crippen molar-refractivity contribution in [1.82, 2.24) is 5.32 Å². The molecule has 0 aliphatic heterocycles. The van der Waals surface area contributed by atoms with Crippen LogP contribution in [0.2, 0.25) is 0 Å². The van der Waals surface area contributed by atoms with Gasteiger partial charge >= 0.3 is 6.18 Å². The molecular formula is C11H20F3NOS. The van der Waals surface area contributed by atoms with Gasteiger partial charge in [0.05, 0.1) is 0 Å². The molecule has 1 aliphatic carbocycles. The molecule has 0 aromatic rings. The van der Waals surface area contributed by atoms with E-state index in [2.05, 4.69) is 12.2 Å². The van der Waals surface area contributed by atoms with Gasteiger partial charge in [0.25, 0.3) is 0 Å². The van der Waals surface area contributed by atoms with Gasteiger partial charge in [0.1, 0.15) is 0 Å². The molecule has 1 rings (SSSR count). The molecule has 0 spiro atoms. The van der Waals surface area contributed by atoms with Gasteiger partial charge in [0, 0.05) is 17.8 Å². The van der Waals surface area contributed by atoms with Crippen LogP contribution < -0.4 is 5.32 Å². The molecule has 2 N–H and O–H groups in total. The first-order chi connectivity index (χ1) is 7.95. The van der Waals surface area contributed by atoms with Crippen LogP contribution in [0.4, 0.5) is 13.2 Å². The number of hydrogen-bond donors (Lipinski definition) is 2. The molecule has 0 saturated heterocycles. The quantitative estimate of drug-likeness (QED) is 0.806. The summed E-state index contributed by atoms with van der Waals surface area (Å²) in [4.78, 5) is 0. The minimum absolute atomic E-state index is 0.102. The second-order valence-electron chi connectivity index (χ2n) is 4.35. The van der Waals surface area contributed by atoms with Gasteiger partial charge < -0.3 is 10.4 Å². The zero-order chi connectivity index (χ0) is 12.9. The lowest BCUT2D eigenvalue weighted by Gasteiger charge is -2.32. The van der Waals surface area contributed by atoms with E-state index < -0.39 is 18.8 Å². The zero-order valence-electron chi connectivity index (χ0n) is 9.96. The number of halogens is 3. The maximum Gasteiger partial charge on any atom is 0.415 e. The fourth-order valence-corrected chi connectivity index (χ4v) is 3.35. The third-order valence-electron chi connectivity index (χ3n) is 3.03. The Morgan fingerprint density at radius 2 is 2.00 bits per heavy atom. The molecule has 6 heteroatoms. The van der Waals surface area contributed by atoms with E-state index in [-0.39, 0.29) is 6.04 Å². The monoisotopic (exact) mass is 271 g/mol. The molecule has 3 atom stereocenters. The lowest BCUT2D eigenvalue weighted by Crippen LogP contribution is -2.47. The van der Waals surface area contributed by atoms with Crippen molar-refractivity contribution < 1.29 is 18.3 Å². The average molecular weight is 271 g/mol. The van der Waals surface area contributed by atoms with Crippen LogP contribution in [0.3, 0.4) is 0 Å². The van der Waals surface area contributed by atoms with Crippen LogP contribution in [-0.2, 0) is 0 Å². The van der Waals surface area contributed by atoms with E-state index >= 15 is 0 Å². The molecule has 0 unspecified atom stereocenters. The Hall–Kier alpha value is 0.0600. The fourth-order valence-electron chi connectivity index (χ4n) is 2.12. The first-order valence-corrected chi connectivity index (χ1v) is 7.09. The summed E-state index contributed by atoms with van der Waals surface area (Å²) in [5.74, 6) is 0.977. The first kappa shape index (κ1) is 15.1. The molecule has 0 aromatic heterocycles. The number of aliphatic hydroxyl groups excluding tert-OH is 1. The smallest absolute Gasteiger partial charge is 0.382 e. The summed E-state index contributed by atoms with van der Waals surface area (Å²) in [5.41, 5.74) is 0. The molecule has 0 heterocycles. The molecule has 1 fully saturated rings. The Labute approximate surface area is 104 Å². The summed E-state index contributed by atoms with van der Waals surface area (Å²) < 4.78 is 36.5. The van der Waals surface area contributed by atoms with E-state index in [0.717, 1.165) is 31.4 Å². The van der Waals surface area contributed by atoms with Gasteiger partial charge in [-0.15, -0.1) is 0 Å². The third-order valence-corrected chi connectivity index (χ3v) is 4.36. The van der Waals surface area contributed by atoms with Crippen molar-refractivity contribution in [3.63, 3.8) is 0 Å². The van der Waals surface area contributed by atoms with Crippen LogP contribution in [0.5, 0.6) is 0 Å². The molecule has 17 heavy (non-hydrogen) atoms. The van der Waals surface area contributed by atoms with Crippen LogP contribution in [-0.4, -0.2) is 41.0 Å². The summed E-state index contributed by atoms with van der Waals surface area (Å²) in [6.07, 6.45) is -2.61. The Kier molecular flexibility index (Phi) is 6.09. The maximum atomic E-state index is 12.2. The van der Waals surface area contributed by atoms with Crippen molar-refractivity contribution in [1.29, 1.82) is 0 Å². The van der Waals surface area contributed by atoms with E-state index in [1.54, 1.807) is 11.8 Å². The van der Waals surface area contributed by atoms with Crippen LogP contribution in [0.1, 0.15) is 32.6 Å². The minimum Gasteiger partial charge on any atom is -0.382 e. The Balaban J connectivity index is 2.37. The van der Waals surface area contributed by atoms with Gasteiger partial charge in [-0.3, -0.25) is 0 Å². The predicted molar refractivity (Wildman–Crippen MR) is 64.2 cm³/mol. The SMILES string of the molecule is CCS[C@@H]1CCCC[C@@H]1NC[C@H](O)C(F)(F)F. The number of hydrogen-bond acceptors (Lipinski definition) is 3. The van der Waals surface area contributed by atoms with E-state index in [0.29, 0.717) is 5.25 Å². The topological polar surface area (TPSA) is 32.3 Å². The molecule has 2 nitrogen and oxygen atoms in total. The molecule has 0 radical (unpaired) electrons. The number of aliphatic hydroxyl groups is 1. The maximum absolute atomic E-state index is 12.2. The molecule has 102 valence electrons. The number of nitrogens with one attached hydrogen (secondary N) is 1. The Morgan fingerprint density at radius 3 is 2.59 bits per heavy atom. The molecular weight excluding hydrogens is 251 g/mol. The van der Waals surface area contributed by atoms with Gasteiger partial charge in [-0.2, -0.15) is 24.9 Å². The van der Waals surface area contributed by atoms with Crippen molar-refractivity contribution in [2.24, 2.45) is 0 Å². The average Bonchev–Trinajstić information content (AvgIpc) is 2.26. The summed E-state index contributed by atoms with van der Waals surface area (Å²) >= 11 is 1.79. The van der Waals surface area contributed by atoms with Gasteiger partial charge in [-0.1, -0.05) is 19.8 Å². The van der Waals surface area contributed by atoms with Gasteiger partial charge in [0.15, 0.2) is 6.10 Å². The summed E-state index contributed by atoms with van der Waals surface area (Å²) in [6.45, 7) is 1.66. The number of rotatable bonds is 5. The van der Waals surface area contributed by atoms with Crippen LogP contribution >= 0.6 is 11.8 Å². The molecule has 0 amide bonds. The summed E-state index contributed by atoms with van der Waals surface area (Å²) in [5, 5.41) is 12.2. The van der Waals surface area contributed by atoms with Crippen LogP contribution in [0.15, 0.2) is 0 Å². The standard InChI is InChI=1S/C11H20F3NOS/c1-2-17-9-6-4-3-5-8(9)15-7-10(16)11(12,13)14/h8-10,15-16H,2-7H2,1H3/t8-,9+,10-/m0/s1. The molecule has 1 aliphatic rings. The second kappa shape index (κ2) is 6.85. The van der Waals surface area contributed by atoms with Crippen molar-refractivity contribution in [2.75, 3.05) is 12.3 Å².